The van der Waals surface area contributed by atoms with Crippen molar-refractivity contribution in [1.29, 1.82) is 0 Å². The summed E-state index contributed by atoms with van der Waals surface area (Å²) in [7, 11) is 0. The third-order valence-electron chi connectivity index (χ3n) is 4.65. The molecule has 29 heavy (non-hydrogen) atoms. The van der Waals surface area contributed by atoms with Crippen LogP contribution in [0.5, 0.6) is 5.75 Å². The van der Waals surface area contributed by atoms with E-state index in [1.165, 1.54) is 0 Å². The lowest BCUT2D eigenvalue weighted by atomic mass is 9.95. The second-order valence-corrected chi connectivity index (χ2v) is 6.58. The summed E-state index contributed by atoms with van der Waals surface area (Å²) >= 11 is 0. The van der Waals surface area contributed by atoms with Crippen molar-refractivity contribution in [2.45, 2.75) is 26.5 Å². The smallest absolute Gasteiger partial charge is 0.338 e. The number of anilines is 1. The zero-order valence-corrected chi connectivity index (χ0v) is 16.2. The number of carbonyl (C=O) groups excluding carboxylic acids is 1. The van der Waals surface area contributed by atoms with Gasteiger partial charge in [0.15, 0.2) is 0 Å². The molecule has 0 aliphatic carbocycles. The lowest BCUT2D eigenvalue weighted by Crippen LogP contribution is -2.29. The maximum atomic E-state index is 13.0. The van der Waals surface area contributed by atoms with Crippen LogP contribution in [-0.2, 0) is 16.1 Å². The zero-order chi connectivity index (χ0) is 20.2. The SMILES string of the molecule is CCOc1ccc([C@@H]2C(C(=O)OCc3ccccc3)=C(C)Nc3nnnn32)cc1. The average Bonchev–Trinajstić information content (AvgIpc) is 3.20. The van der Waals surface area contributed by atoms with Gasteiger partial charge in [0.1, 0.15) is 18.4 Å². The Kier molecular flexibility index (Phi) is 5.24. The summed E-state index contributed by atoms with van der Waals surface area (Å²) in [5, 5.41) is 14.9. The molecule has 0 amide bonds. The standard InChI is InChI=1S/C21H21N5O3/c1-3-28-17-11-9-16(10-12-17)19-18(14(2)22-21-23-24-25-26(19)21)20(27)29-13-15-7-5-4-6-8-15/h4-12,19H,3,13H2,1-2H3,(H,22,23,25)/t19-/m1/s1. The molecule has 3 aromatic rings. The predicted molar refractivity (Wildman–Crippen MR) is 106 cm³/mol. The van der Waals surface area contributed by atoms with E-state index in [0.29, 0.717) is 23.8 Å². The molecule has 8 nitrogen and oxygen atoms in total. The lowest BCUT2D eigenvalue weighted by Gasteiger charge is -2.27. The first kappa shape index (κ1) is 18.7. The van der Waals surface area contributed by atoms with E-state index in [-0.39, 0.29) is 6.61 Å². The molecule has 1 aliphatic heterocycles. The number of nitrogens with zero attached hydrogens (tertiary/aromatic N) is 4. The first-order valence-electron chi connectivity index (χ1n) is 9.37. The Labute approximate surface area is 168 Å². The first-order chi connectivity index (χ1) is 14.2. The highest BCUT2D eigenvalue weighted by molar-refractivity contribution is 5.92. The number of tetrazole rings is 1. The molecule has 2 heterocycles. The van der Waals surface area contributed by atoms with Crippen molar-refractivity contribution in [3.63, 3.8) is 0 Å². The maximum absolute atomic E-state index is 13.0. The molecule has 4 rings (SSSR count). The number of rotatable bonds is 6. The highest BCUT2D eigenvalue weighted by Crippen LogP contribution is 2.35. The minimum Gasteiger partial charge on any atom is -0.494 e. The third-order valence-corrected chi connectivity index (χ3v) is 4.65. The van der Waals surface area contributed by atoms with Gasteiger partial charge in [-0.2, -0.15) is 4.68 Å². The summed E-state index contributed by atoms with van der Waals surface area (Å²) in [6.45, 7) is 4.52. The van der Waals surface area contributed by atoms with Gasteiger partial charge in [0.2, 0.25) is 5.95 Å². The van der Waals surface area contributed by atoms with Gasteiger partial charge in [-0.15, -0.1) is 0 Å². The molecule has 2 aromatic carbocycles. The van der Waals surface area contributed by atoms with Crippen molar-refractivity contribution in [2.75, 3.05) is 11.9 Å². The van der Waals surface area contributed by atoms with Gasteiger partial charge in [-0.25, -0.2) is 4.79 Å². The van der Waals surface area contributed by atoms with Crippen LogP contribution < -0.4 is 10.1 Å². The monoisotopic (exact) mass is 391 g/mol. The highest BCUT2D eigenvalue weighted by Gasteiger charge is 2.35. The van der Waals surface area contributed by atoms with Gasteiger partial charge >= 0.3 is 5.97 Å². The summed E-state index contributed by atoms with van der Waals surface area (Å²) in [5.74, 6) is 0.816. The second-order valence-electron chi connectivity index (χ2n) is 6.58. The molecule has 1 atom stereocenters. The largest absolute Gasteiger partial charge is 0.494 e. The molecule has 0 radical (unpaired) electrons. The van der Waals surface area contributed by atoms with Crippen molar-refractivity contribution < 1.29 is 14.3 Å². The van der Waals surface area contributed by atoms with Crippen molar-refractivity contribution in [3.05, 3.63) is 77.0 Å². The van der Waals surface area contributed by atoms with E-state index in [4.69, 9.17) is 9.47 Å². The molecule has 1 aliphatic rings. The van der Waals surface area contributed by atoms with Gasteiger partial charge in [0.05, 0.1) is 12.2 Å². The number of hydrogen-bond acceptors (Lipinski definition) is 7. The number of allylic oxidation sites excluding steroid dienone is 1. The number of aromatic nitrogens is 4. The molecule has 0 unspecified atom stereocenters. The summed E-state index contributed by atoms with van der Waals surface area (Å²) in [4.78, 5) is 13.0. The van der Waals surface area contributed by atoms with E-state index in [1.54, 1.807) is 4.68 Å². The fraction of sp³-hybridized carbons (Fsp3) is 0.238. The number of carbonyl (C=O) groups is 1. The fourth-order valence-corrected chi connectivity index (χ4v) is 3.30. The van der Waals surface area contributed by atoms with E-state index in [1.807, 2.05) is 68.4 Å². The molecule has 0 bridgehead atoms. The summed E-state index contributed by atoms with van der Waals surface area (Å²) < 4.78 is 12.7. The number of esters is 1. The zero-order valence-electron chi connectivity index (χ0n) is 16.2. The van der Waals surface area contributed by atoms with E-state index < -0.39 is 12.0 Å². The van der Waals surface area contributed by atoms with Crippen LogP contribution in [0.25, 0.3) is 0 Å². The molecule has 0 spiro atoms. The van der Waals surface area contributed by atoms with Gasteiger partial charge in [0.25, 0.3) is 0 Å². The molecular formula is C21H21N5O3. The van der Waals surface area contributed by atoms with Crippen LogP contribution in [0.15, 0.2) is 65.9 Å². The van der Waals surface area contributed by atoms with Crippen molar-refractivity contribution in [2.24, 2.45) is 0 Å². The van der Waals surface area contributed by atoms with Gasteiger partial charge in [-0.05, 0) is 47.5 Å². The number of hydrogen-bond donors (Lipinski definition) is 1. The Morgan fingerprint density at radius 1 is 1.14 bits per heavy atom. The Morgan fingerprint density at radius 2 is 1.90 bits per heavy atom. The molecule has 1 N–H and O–H groups in total. The van der Waals surface area contributed by atoms with Crippen molar-refractivity contribution in [1.82, 2.24) is 20.2 Å². The summed E-state index contributed by atoms with van der Waals surface area (Å²) in [5.41, 5.74) is 2.90. The van der Waals surface area contributed by atoms with Crippen LogP contribution in [-0.4, -0.2) is 32.8 Å². The van der Waals surface area contributed by atoms with E-state index in [2.05, 4.69) is 20.8 Å². The summed E-state index contributed by atoms with van der Waals surface area (Å²) in [6.07, 6.45) is 0. The minimum absolute atomic E-state index is 0.189. The number of benzene rings is 2. The van der Waals surface area contributed by atoms with E-state index in [9.17, 15) is 4.79 Å². The summed E-state index contributed by atoms with van der Waals surface area (Å²) in [6, 6.07) is 16.6. The molecular weight excluding hydrogens is 370 g/mol. The van der Waals surface area contributed by atoms with Gasteiger partial charge < -0.3 is 14.8 Å². The molecule has 0 saturated carbocycles. The molecule has 1 aromatic heterocycles. The number of fused-ring (bicyclic) bond motifs is 1. The van der Waals surface area contributed by atoms with Crippen LogP contribution >= 0.6 is 0 Å². The van der Waals surface area contributed by atoms with Crippen molar-refractivity contribution in [3.8, 4) is 5.75 Å². The Balaban J connectivity index is 1.65. The third kappa shape index (κ3) is 3.82. The van der Waals surface area contributed by atoms with Gasteiger partial charge in [-0.1, -0.05) is 47.6 Å². The molecule has 8 heteroatoms. The number of nitrogens with one attached hydrogen (secondary N) is 1. The quantitative estimate of drug-likeness (QED) is 0.646. The van der Waals surface area contributed by atoms with E-state index >= 15 is 0 Å². The first-order valence-corrected chi connectivity index (χ1v) is 9.37. The Hall–Kier alpha value is -3.68. The fourth-order valence-electron chi connectivity index (χ4n) is 3.30. The Morgan fingerprint density at radius 3 is 2.62 bits per heavy atom. The second kappa shape index (κ2) is 8.14. The predicted octanol–water partition coefficient (Wildman–Crippen LogP) is 3.10. The molecule has 148 valence electrons. The van der Waals surface area contributed by atoms with Crippen LogP contribution in [0.1, 0.15) is 31.0 Å². The Bertz CT molecular complexity index is 1030. The van der Waals surface area contributed by atoms with Crippen LogP contribution in [0.2, 0.25) is 0 Å². The molecule has 0 saturated heterocycles. The maximum Gasteiger partial charge on any atom is 0.338 e. The highest BCUT2D eigenvalue weighted by atomic mass is 16.5. The van der Waals surface area contributed by atoms with Crippen molar-refractivity contribution >= 4 is 11.9 Å². The average molecular weight is 391 g/mol. The topological polar surface area (TPSA) is 91.2 Å². The van der Waals surface area contributed by atoms with Gasteiger partial charge in [0, 0.05) is 5.70 Å². The van der Waals surface area contributed by atoms with Crippen LogP contribution in [0.3, 0.4) is 0 Å². The molecule has 0 fully saturated rings. The van der Waals surface area contributed by atoms with Crippen LogP contribution in [0, 0.1) is 0 Å². The normalized spacial score (nSPS) is 15.4. The number of ether oxygens (including phenoxy) is 2. The van der Waals surface area contributed by atoms with Crippen LogP contribution in [0.4, 0.5) is 5.95 Å². The minimum atomic E-state index is -0.500. The van der Waals surface area contributed by atoms with Gasteiger partial charge in [-0.3, -0.25) is 0 Å². The van der Waals surface area contributed by atoms with E-state index in [0.717, 1.165) is 16.9 Å². The lowest BCUT2D eigenvalue weighted by molar-refractivity contribution is -0.140.